The molecule has 0 amide bonds. The van der Waals surface area contributed by atoms with Crippen molar-refractivity contribution in [1.29, 1.82) is 5.26 Å². The second kappa shape index (κ2) is 9.78. The average Bonchev–Trinajstić information content (AvgIpc) is 3.14. The zero-order valence-corrected chi connectivity index (χ0v) is 19.9. The number of nitrogens with zero attached hydrogens (tertiary/aromatic N) is 3. The first-order valence-electron chi connectivity index (χ1n) is 10.9. The van der Waals surface area contributed by atoms with Crippen LogP contribution in [0.1, 0.15) is 31.4 Å². The number of alkyl halides is 3. The van der Waals surface area contributed by atoms with Gasteiger partial charge in [-0.1, -0.05) is 0 Å². The Hall–Kier alpha value is -1.87. The molecule has 2 aliphatic rings. The van der Waals surface area contributed by atoms with Crippen LogP contribution in [-0.2, 0) is 25.7 Å². The predicted molar refractivity (Wildman–Crippen MR) is 117 cm³/mol. The van der Waals surface area contributed by atoms with Crippen LogP contribution in [0.3, 0.4) is 0 Å². The summed E-state index contributed by atoms with van der Waals surface area (Å²) in [5, 5.41) is 8.52. The highest BCUT2D eigenvalue weighted by atomic mass is 32.2. The van der Waals surface area contributed by atoms with Gasteiger partial charge in [0.25, 0.3) is 0 Å². The number of hydrogen-bond acceptors (Lipinski definition) is 6. The number of methoxy groups -OCH3 is 1. The molecule has 1 aromatic rings. The summed E-state index contributed by atoms with van der Waals surface area (Å²) in [5.74, 6) is 0.0589. The standard InChI is InChI=1S/C22H30F3N3O4S/c1-16(2)33(29,30)28-7-6-18-12-27(13-21(18,14-28)15-32-9-8-31-3)19-5-4-17(11-26)20(10-19)22(23,24)25/h4-5,10,16,18H,6-9,12-15H2,1-3H3/t18-,21-/m1/s1. The third kappa shape index (κ3) is 5.29. The minimum absolute atomic E-state index is 0.0589. The minimum Gasteiger partial charge on any atom is -0.382 e. The van der Waals surface area contributed by atoms with Crippen molar-refractivity contribution in [3.63, 3.8) is 0 Å². The topological polar surface area (TPSA) is 82.9 Å². The van der Waals surface area contributed by atoms with Gasteiger partial charge in [-0.15, -0.1) is 0 Å². The van der Waals surface area contributed by atoms with Crippen LogP contribution in [-0.4, -0.2) is 71.1 Å². The molecule has 2 fully saturated rings. The highest BCUT2D eigenvalue weighted by Gasteiger charge is 2.52. The van der Waals surface area contributed by atoms with Gasteiger partial charge in [0, 0.05) is 44.4 Å². The molecule has 2 saturated heterocycles. The first kappa shape index (κ1) is 25.7. The maximum atomic E-state index is 13.5. The molecule has 7 nitrogen and oxygen atoms in total. The lowest BCUT2D eigenvalue weighted by atomic mass is 9.74. The van der Waals surface area contributed by atoms with Crippen molar-refractivity contribution in [3.8, 4) is 6.07 Å². The van der Waals surface area contributed by atoms with E-state index in [1.165, 1.54) is 16.4 Å². The summed E-state index contributed by atoms with van der Waals surface area (Å²) < 4.78 is 78.6. The van der Waals surface area contributed by atoms with E-state index in [2.05, 4.69) is 0 Å². The van der Waals surface area contributed by atoms with Crippen LogP contribution < -0.4 is 4.90 Å². The van der Waals surface area contributed by atoms with Crippen molar-refractivity contribution < 1.29 is 31.1 Å². The molecule has 0 aromatic heterocycles. The van der Waals surface area contributed by atoms with Gasteiger partial charge < -0.3 is 14.4 Å². The molecule has 0 radical (unpaired) electrons. The number of nitriles is 1. The highest BCUT2D eigenvalue weighted by molar-refractivity contribution is 7.89. The summed E-state index contributed by atoms with van der Waals surface area (Å²) in [7, 11) is -1.92. The lowest BCUT2D eigenvalue weighted by Gasteiger charge is -2.43. The van der Waals surface area contributed by atoms with E-state index in [-0.39, 0.29) is 19.1 Å². The Labute approximate surface area is 193 Å². The third-order valence-corrected chi connectivity index (χ3v) is 8.82. The van der Waals surface area contributed by atoms with Crippen molar-refractivity contribution in [2.75, 3.05) is 58.0 Å². The predicted octanol–water partition coefficient (Wildman–Crippen LogP) is 3.11. The fourth-order valence-corrected chi connectivity index (χ4v) is 6.13. The molecule has 0 unspecified atom stereocenters. The number of rotatable bonds is 8. The Balaban J connectivity index is 1.92. The van der Waals surface area contributed by atoms with Gasteiger partial charge in [-0.25, -0.2) is 12.7 Å². The van der Waals surface area contributed by atoms with Crippen molar-refractivity contribution in [2.45, 2.75) is 31.7 Å². The normalized spacial score (nSPS) is 24.2. The fraction of sp³-hybridized carbons (Fsp3) is 0.682. The quantitative estimate of drug-likeness (QED) is 0.522. The van der Waals surface area contributed by atoms with Crippen LogP contribution in [0.5, 0.6) is 0 Å². The Morgan fingerprint density at radius 3 is 2.61 bits per heavy atom. The van der Waals surface area contributed by atoms with Crippen molar-refractivity contribution in [1.82, 2.24) is 4.31 Å². The largest absolute Gasteiger partial charge is 0.417 e. The van der Waals surface area contributed by atoms with Crippen molar-refractivity contribution in [3.05, 3.63) is 29.3 Å². The molecule has 0 N–H and O–H groups in total. The molecule has 0 saturated carbocycles. The molecular weight excluding hydrogens is 459 g/mol. The maximum Gasteiger partial charge on any atom is 0.417 e. The fourth-order valence-electron chi connectivity index (χ4n) is 4.74. The molecular formula is C22H30F3N3O4S. The van der Waals surface area contributed by atoms with E-state index < -0.39 is 38.0 Å². The second-order valence-electron chi connectivity index (χ2n) is 9.04. The van der Waals surface area contributed by atoms with E-state index in [0.29, 0.717) is 45.0 Å². The number of fused-ring (bicyclic) bond motifs is 1. The molecule has 2 aliphatic heterocycles. The Kier molecular flexibility index (Phi) is 7.63. The second-order valence-corrected chi connectivity index (χ2v) is 11.5. The van der Waals surface area contributed by atoms with Gasteiger partial charge in [0.2, 0.25) is 10.0 Å². The van der Waals surface area contributed by atoms with Crippen molar-refractivity contribution in [2.24, 2.45) is 11.3 Å². The first-order valence-corrected chi connectivity index (χ1v) is 12.4. The summed E-state index contributed by atoms with van der Waals surface area (Å²) in [6, 6.07) is 5.33. The molecule has 33 heavy (non-hydrogen) atoms. The van der Waals surface area contributed by atoms with Crippen LogP contribution in [0.25, 0.3) is 0 Å². The summed E-state index contributed by atoms with van der Waals surface area (Å²) in [6.45, 7) is 5.78. The number of sulfonamides is 1. The Morgan fingerprint density at radius 1 is 1.27 bits per heavy atom. The van der Waals surface area contributed by atoms with Gasteiger partial charge in [-0.2, -0.15) is 18.4 Å². The van der Waals surface area contributed by atoms with E-state index in [4.69, 9.17) is 14.7 Å². The van der Waals surface area contributed by atoms with Gasteiger partial charge in [-0.05, 0) is 44.4 Å². The maximum absolute atomic E-state index is 13.5. The zero-order chi connectivity index (χ0) is 24.4. The Bertz CT molecular complexity index is 994. The van der Waals surface area contributed by atoms with Gasteiger partial charge in [0.05, 0.1) is 42.3 Å². The van der Waals surface area contributed by atoms with Gasteiger partial charge >= 0.3 is 6.18 Å². The monoisotopic (exact) mass is 489 g/mol. The molecule has 0 spiro atoms. The molecule has 0 bridgehead atoms. The SMILES string of the molecule is COCCOC[C@]12CN(c3ccc(C#N)c(C(F)(F)F)c3)C[C@H]1CCN(S(=O)(=O)C(C)C)C2. The van der Waals surface area contributed by atoms with Crippen LogP contribution >= 0.6 is 0 Å². The van der Waals surface area contributed by atoms with E-state index in [9.17, 15) is 21.6 Å². The number of halogens is 3. The van der Waals surface area contributed by atoms with E-state index in [1.807, 2.05) is 4.90 Å². The summed E-state index contributed by atoms with van der Waals surface area (Å²) in [5.41, 5.74) is -1.58. The number of anilines is 1. The van der Waals surface area contributed by atoms with Gasteiger partial charge in [0.1, 0.15) is 0 Å². The molecule has 0 aliphatic carbocycles. The summed E-state index contributed by atoms with van der Waals surface area (Å²) >= 11 is 0. The molecule has 2 atom stereocenters. The molecule has 2 heterocycles. The summed E-state index contributed by atoms with van der Waals surface area (Å²) in [6.07, 6.45) is -4.05. The van der Waals surface area contributed by atoms with Crippen molar-refractivity contribution >= 4 is 15.7 Å². The van der Waals surface area contributed by atoms with Gasteiger partial charge in [-0.3, -0.25) is 0 Å². The van der Waals surface area contributed by atoms with Crippen LogP contribution in [0.15, 0.2) is 18.2 Å². The average molecular weight is 490 g/mol. The molecule has 1 aromatic carbocycles. The highest BCUT2D eigenvalue weighted by Crippen LogP contribution is 2.45. The van der Waals surface area contributed by atoms with Gasteiger partial charge in [0.15, 0.2) is 0 Å². The lowest BCUT2D eigenvalue weighted by molar-refractivity contribution is -0.137. The van der Waals surface area contributed by atoms with E-state index >= 15 is 0 Å². The third-order valence-electron chi connectivity index (χ3n) is 6.60. The van der Waals surface area contributed by atoms with Crippen LogP contribution in [0.4, 0.5) is 18.9 Å². The number of ether oxygens (including phenoxy) is 2. The zero-order valence-electron chi connectivity index (χ0n) is 19.1. The minimum atomic E-state index is -4.64. The smallest absolute Gasteiger partial charge is 0.382 e. The number of piperidine rings is 1. The molecule has 184 valence electrons. The Morgan fingerprint density at radius 2 is 2.00 bits per heavy atom. The van der Waals surface area contributed by atoms with E-state index in [1.54, 1.807) is 27.0 Å². The molecule has 3 rings (SSSR count). The number of benzene rings is 1. The lowest BCUT2D eigenvalue weighted by Crippen LogP contribution is -2.54. The van der Waals surface area contributed by atoms with E-state index in [0.717, 1.165) is 6.07 Å². The first-order chi connectivity index (χ1) is 15.4. The van der Waals surface area contributed by atoms with Crippen LogP contribution in [0.2, 0.25) is 0 Å². The number of hydrogen-bond donors (Lipinski definition) is 0. The van der Waals surface area contributed by atoms with Crippen LogP contribution in [0, 0.1) is 22.7 Å². The molecule has 11 heteroatoms. The summed E-state index contributed by atoms with van der Waals surface area (Å²) in [4.78, 5) is 1.85.